The summed E-state index contributed by atoms with van der Waals surface area (Å²) < 4.78 is 18.9. The van der Waals surface area contributed by atoms with E-state index < -0.39 is 17.5 Å². The summed E-state index contributed by atoms with van der Waals surface area (Å²) in [5, 5.41) is 11.1. The molecule has 180 valence electrons. The van der Waals surface area contributed by atoms with Gasteiger partial charge in [-0.05, 0) is 44.2 Å². The molecule has 1 unspecified atom stereocenters. The van der Waals surface area contributed by atoms with E-state index in [1.807, 2.05) is 42.7 Å². The molecule has 0 spiro atoms. The summed E-state index contributed by atoms with van der Waals surface area (Å²) in [7, 11) is 0. The molecule has 0 saturated heterocycles. The maximum atomic E-state index is 12.7. The number of nitro benzene ring substituents is 1. The number of ketones is 1. The Morgan fingerprint density at radius 3 is 2.63 bits per heavy atom. The largest absolute Gasteiger partial charge is 0.486 e. The van der Waals surface area contributed by atoms with E-state index in [0.717, 1.165) is 17.5 Å². The number of carbonyl (C=O) groups is 2. The van der Waals surface area contributed by atoms with Gasteiger partial charge in [-0.1, -0.05) is 24.3 Å². The topological polar surface area (TPSA) is 110 Å². The number of nitro groups is 1. The second-order valence-electron chi connectivity index (χ2n) is 8.07. The van der Waals surface area contributed by atoms with Crippen molar-refractivity contribution in [3.63, 3.8) is 0 Å². The lowest BCUT2D eigenvalue weighted by Crippen LogP contribution is -2.33. The van der Waals surface area contributed by atoms with Gasteiger partial charge in [0.15, 0.2) is 24.2 Å². The molecule has 3 aromatic rings. The van der Waals surface area contributed by atoms with Crippen LogP contribution in [0.4, 0.5) is 5.69 Å². The fourth-order valence-electron chi connectivity index (χ4n) is 3.94. The molecule has 0 amide bonds. The smallest absolute Gasteiger partial charge is 0.331 e. The summed E-state index contributed by atoms with van der Waals surface area (Å²) in [4.78, 5) is 35.4. The molecule has 35 heavy (non-hydrogen) atoms. The van der Waals surface area contributed by atoms with Crippen LogP contribution in [-0.2, 0) is 16.1 Å². The van der Waals surface area contributed by atoms with Crippen molar-refractivity contribution in [1.82, 2.24) is 4.57 Å². The quantitative estimate of drug-likeness (QED) is 0.157. The fraction of sp³-hybridized carbons (Fsp3) is 0.231. The molecule has 1 aliphatic heterocycles. The Kier molecular flexibility index (Phi) is 6.96. The van der Waals surface area contributed by atoms with E-state index in [0.29, 0.717) is 30.2 Å². The number of aryl methyl sites for hydroxylation is 1. The van der Waals surface area contributed by atoms with Crippen LogP contribution in [0, 0.1) is 24.0 Å². The van der Waals surface area contributed by atoms with Crippen molar-refractivity contribution in [2.24, 2.45) is 0 Å². The number of hydrogen-bond acceptors (Lipinski definition) is 7. The van der Waals surface area contributed by atoms with E-state index in [1.54, 1.807) is 12.1 Å². The summed E-state index contributed by atoms with van der Waals surface area (Å²) in [5.41, 5.74) is 2.20. The third-order valence-electron chi connectivity index (χ3n) is 5.71. The Morgan fingerprint density at radius 1 is 1.14 bits per heavy atom. The Labute approximate surface area is 201 Å². The molecule has 1 aromatic heterocycles. The molecule has 0 bridgehead atoms. The molecule has 9 heteroatoms. The number of hydrogen-bond donors (Lipinski definition) is 0. The molecule has 2 aromatic carbocycles. The molecule has 9 nitrogen and oxygen atoms in total. The van der Waals surface area contributed by atoms with Crippen molar-refractivity contribution >= 4 is 23.5 Å². The van der Waals surface area contributed by atoms with Gasteiger partial charge in [0.2, 0.25) is 5.78 Å². The van der Waals surface area contributed by atoms with E-state index in [9.17, 15) is 19.7 Å². The minimum absolute atomic E-state index is 0.129. The van der Waals surface area contributed by atoms with Gasteiger partial charge in [-0.2, -0.15) is 0 Å². The average Bonchev–Trinajstić information content (AvgIpc) is 3.14. The number of nitrogens with zero attached hydrogens (tertiary/aromatic N) is 2. The number of esters is 1. The van der Waals surface area contributed by atoms with Crippen LogP contribution in [0.15, 0.2) is 60.7 Å². The van der Waals surface area contributed by atoms with Gasteiger partial charge in [0.05, 0.1) is 17.0 Å². The minimum atomic E-state index is -0.767. The number of ether oxygens (including phenoxy) is 3. The van der Waals surface area contributed by atoms with Crippen molar-refractivity contribution in [2.75, 3.05) is 13.2 Å². The standard InChI is InChI=1S/C26H24N2O7/c1-17-13-21(18(2)27(17)14-20-15-33-24-9-5-6-10-25(24)35-20)23(29)16-34-26(30)12-11-19-7-3-4-8-22(19)28(31)32/h3-13,20H,14-16H2,1-2H3/b12-11+. The molecular weight excluding hydrogens is 452 g/mol. The molecule has 0 N–H and O–H groups in total. The van der Waals surface area contributed by atoms with Crippen LogP contribution < -0.4 is 9.47 Å². The average molecular weight is 476 g/mol. The Morgan fingerprint density at radius 2 is 1.86 bits per heavy atom. The molecule has 2 heterocycles. The first-order chi connectivity index (χ1) is 16.8. The van der Waals surface area contributed by atoms with Crippen molar-refractivity contribution in [1.29, 1.82) is 0 Å². The highest BCUT2D eigenvalue weighted by atomic mass is 16.6. The van der Waals surface area contributed by atoms with E-state index >= 15 is 0 Å². The zero-order valence-electron chi connectivity index (χ0n) is 19.3. The number of rotatable bonds is 8. The SMILES string of the molecule is Cc1cc(C(=O)COC(=O)/C=C/c2ccccc2[N+](=O)[O-])c(C)n1CC1COc2ccccc2O1. The highest BCUT2D eigenvalue weighted by Crippen LogP contribution is 2.31. The lowest BCUT2D eigenvalue weighted by Gasteiger charge is -2.27. The van der Waals surface area contributed by atoms with Crippen LogP contribution >= 0.6 is 0 Å². The summed E-state index contributed by atoms with van der Waals surface area (Å²) in [6.45, 7) is 4.16. The summed E-state index contributed by atoms with van der Waals surface area (Å²) in [6, 6.07) is 15.2. The van der Waals surface area contributed by atoms with Gasteiger partial charge in [-0.15, -0.1) is 0 Å². The molecule has 0 saturated carbocycles. The molecule has 1 atom stereocenters. The lowest BCUT2D eigenvalue weighted by molar-refractivity contribution is -0.385. The highest BCUT2D eigenvalue weighted by molar-refractivity contribution is 6.00. The monoisotopic (exact) mass is 476 g/mol. The van der Waals surface area contributed by atoms with Gasteiger partial charge in [-0.3, -0.25) is 14.9 Å². The maximum Gasteiger partial charge on any atom is 0.331 e. The first kappa shape index (κ1) is 23.7. The molecule has 0 radical (unpaired) electrons. The first-order valence-electron chi connectivity index (χ1n) is 11.0. The van der Waals surface area contributed by atoms with Crippen LogP contribution in [0.2, 0.25) is 0 Å². The van der Waals surface area contributed by atoms with Gasteiger partial charge in [-0.25, -0.2) is 4.79 Å². The Hall–Kier alpha value is -4.40. The zero-order chi connectivity index (χ0) is 24.9. The third kappa shape index (κ3) is 5.40. The van der Waals surface area contributed by atoms with Crippen LogP contribution in [0.1, 0.15) is 27.3 Å². The van der Waals surface area contributed by atoms with Crippen molar-refractivity contribution < 1.29 is 28.7 Å². The maximum absolute atomic E-state index is 12.7. The molecule has 4 rings (SSSR count). The van der Waals surface area contributed by atoms with Crippen LogP contribution in [0.5, 0.6) is 11.5 Å². The van der Waals surface area contributed by atoms with Crippen LogP contribution in [-0.4, -0.2) is 40.6 Å². The van der Waals surface area contributed by atoms with E-state index in [2.05, 4.69) is 0 Å². The fourth-order valence-corrected chi connectivity index (χ4v) is 3.94. The molecule has 1 aliphatic rings. The van der Waals surface area contributed by atoms with Crippen molar-refractivity contribution in [3.8, 4) is 11.5 Å². The number of aromatic nitrogens is 1. The number of fused-ring (bicyclic) bond motifs is 1. The molecule has 0 fully saturated rings. The number of Topliss-reactive ketones (excluding diaryl/α,β-unsaturated/α-hetero) is 1. The lowest BCUT2D eigenvalue weighted by atomic mass is 10.1. The number of carbonyl (C=O) groups excluding carboxylic acids is 2. The Bertz CT molecular complexity index is 1310. The number of benzene rings is 2. The second-order valence-corrected chi connectivity index (χ2v) is 8.07. The molecular formula is C26H24N2O7. The van der Waals surface area contributed by atoms with Gasteiger partial charge in [0.25, 0.3) is 5.69 Å². The van der Waals surface area contributed by atoms with Crippen molar-refractivity contribution in [2.45, 2.75) is 26.5 Å². The second kappa shape index (κ2) is 10.3. The molecule has 0 aliphatic carbocycles. The minimum Gasteiger partial charge on any atom is -0.486 e. The van der Waals surface area contributed by atoms with Crippen molar-refractivity contribution in [3.05, 3.63) is 93.3 Å². The van der Waals surface area contributed by atoms with Crippen LogP contribution in [0.3, 0.4) is 0 Å². The third-order valence-corrected chi connectivity index (χ3v) is 5.71. The van der Waals surface area contributed by atoms with Crippen LogP contribution in [0.25, 0.3) is 6.08 Å². The highest BCUT2D eigenvalue weighted by Gasteiger charge is 2.24. The Balaban J connectivity index is 1.37. The van der Waals surface area contributed by atoms with E-state index in [-0.39, 0.29) is 23.1 Å². The van der Waals surface area contributed by atoms with Gasteiger partial charge in [0, 0.05) is 29.1 Å². The predicted octanol–water partition coefficient (Wildman–Crippen LogP) is 4.29. The zero-order valence-corrected chi connectivity index (χ0v) is 19.3. The normalized spacial score (nSPS) is 14.6. The van der Waals surface area contributed by atoms with E-state index in [1.165, 1.54) is 24.3 Å². The summed E-state index contributed by atoms with van der Waals surface area (Å²) in [6.07, 6.45) is 2.14. The van der Waals surface area contributed by atoms with E-state index in [4.69, 9.17) is 14.2 Å². The first-order valence-corrected chi connectivity index (χ1v) is 11.0. The number of para-hydroxylation sites is 3. The summed E-state index contributed by atoms with van der Waals surface area (Å²) >= 11 is 0. The van der Waals surface area contributed by atoms with Gasteiger partial charge >= 0.3 is 5.97 Å². The predicted molar refractivity (Wildman–Crippen MR) is 128 cm³/mol. The van der Waals surface area contributed by atoms with Gasteiger partial charge < -0.3 is 18.8 Å². The van der Waals surface area contributed by atoms with Gasteiger partial charge in [0.1, 0.15) is 6.61 Å². The summed E-state index contributed by atoms with van der Waals surface area (Å²) in [5.74, 6) is 0.279.